The molecule has 2 atom stereocenters. The van der Waals surface area contributed by atoms with E-state index < -0.39 is 11.4 Å². The van der Waals surface area contributed by atoms with Crippen LogP contribution < -0.4 is 5.32 Å². The molecule has 53 heavy (non-hydrogen) atoms. The summed E-state index contributed by atoms with van der Waals surface area (Å²) in [6.45, 7) is 9.91. The quantitative estimate of drug-likeness (QED) is 0.113. The van der Waals surface area contributed by atoms with Crippen LogP contribution in [0, 0.1) is 36.5 Å². The van der Waals surface area contributed by atoms with Gasteiger partial charge in [0.1, 0.15) is 17.1 Å². The fourth-order valence-corrected chi connectivity index (χ4v) is 7.48. The molecule has 0 saturated carbocycles. The minimum atomic E-state index is -0.783. The minimum Gasteiger partial charge on any atom is -0.481 e. The van der Waals surface area contributed by atoms with Crippen LogP contribution in [-0.4, -0.2) is 55.7 Å². The van der Waals surface area contributed by atoms with E-state index in [0.29, 0.717) is 60.3 Å². The number of aliphatic hydroxyl groups excluding tert-OH is 1. The van der Waals surface area contributed by atoms with Crippen molar-refractivity contribution in [3.63, 3.8) is 0 Å². The first kappa shape index (κ1) is 35.8. The molecule has 0 spiro atoms. The van der Waals surface area contributed by atoms with E-state index in [1.807, 2.05) is 48.7 Å². The van der Waals surface area contributed by atoms with E-state index in [1.54, 1.807) is 13.1 Å². The van der Waals surface area contributed by atoms with E-state index in [1.165, 1.54) is 0 Å². The summed E-state index contributed by atoms with van der Waals surface area (Å²) in [6.07, 6.45) is 7.04. The molecule has 10 nitrogen and oxygen atoms in total. The number of carboxylic acid groups (broad SMARTS) is 1. The zero-order chi connectivity index (χ0) is 37.3. The molecule has 10 heteroatoms. The summed E-state index contributed by atoms with van der Waals surface area (Å²) in [4.78, 5) is 28.2. The van der Waals surface area contributed by atoms with Crippen LogP contribution in [-0.2, 0) is 17.8 Å². The summed E-state index contributed by atoms with van der Waals surface area (Å²) in [7, 11) is 0. The highest BCUT2D eigenvalue weighted by molar-refractivity contribution is 5.91. The van der Waals surface area contributed by atoms with Crippen LogP contribution in [0.15, 0.2) is 77.5 Å². The average Bonchev–Trinajstić information content (AvgIpc) is 3.76. The maximum Gasteiger partial charge on any atom is 0.310 e. The van der Waals surface area contributed by atoms with E-state index >= 15 is 0 Å². The Kier molecular flexibility index (Phi) is 9.97. The van der Waals surface area contributed by atoms with E-state index in [-0.39, 0.29) is 6.61 Å². The second-order valence-corrected chi connectivity index (χ2v) is 14.6. The second kappa shape index (κ2) is 14.8. The molecule has 0 unspecified atom stereocenters. The average molecular weight is 709 g/mol. The van der Waals surface area contributed by atoms with E-state index in [0.717, 1.165) is 74.8 Å². The summed E-state index contributed by atoms with van der Waals surface area (Å²) in [5.41, 5.74) is 9.38. The van der Waals surface area contributed by atoms with Crippen LogP contribution in [0.1, 0.15) is 60.9 Å². The zero-order valence-corrected chi connectivity index (χ0v) is 30.6. The Morgan fingerprint density at radius 1 is 1.06 bits per heavy atom. The maximum absolute atomic E-state index is 11.8. The van der Waals surface area contributed by atoms with Gasteiger partial charge < -0.3 is 19.9 Å². The number of benzene rings is 3. The molecular formula is C43H44N6O4. The summed E-state index contributed by atoms with van der Waals surface area (Å²) >= 11 is 0. The molecule has 0 bridgehead atoms. The van der Waals surface area contributed by atoms with Gasteiger partial charge in [-0.1, -0.05) is 37.6 Å². The number of carbonyl (C=O) groups is 1. The number of aliphatic hydroxyl groups is 1. The number of hydrogen-bond acceptors (Lipinski definition) is 9. The van der Waals surface area contributed by atoms with E-state index in [4.69, 9.17) is 14.4 Å². The Morgan fingerprint density at radius 3 is 2.57 bits per heavy atom. The Bertz CT molecular complexity index is 2380. The van der Waals surface area contributed by atoms with Crippen molar-refractivity contribution in [3.8, 4) is 28.7 Å². The molecule has 270 valence electrons. The molecule has 0 radical (unpaired) electrons. The van der Waals surface area contributed by atoms with Gasteiger partial charge in [-0.3, -0.25) is 14.7 Å². The number of aryl methyl sites for hydroxylation is 1. The standard InChI is InChI=1S/C43H44N6O4/c1-5-28(24-50)12-13-29-18-31-14-16-45-40(38(31)46-22-29)47-36-11-7-9-34(27(36)3)33-8-6-10-35(26(33)2)41-48-37-20-30(19-32(21-44)39(37)53-41)23-49-17-15-43(4,25-49)42(51)52/h6-11,14,16,18-20,22,28,50H,5,12-13,15,17,23-25H2,1-4H3,(H,45,47)(H,51,52)/t28-,43-/m1/s1. The molecule has 0 aliphatic carbocycles. The van der Waals surface area contributed by atoms with Gasteiger partial charge in [-0.2, -0.15) is 5.26 Å². The SMILES string of the molecule is CC[C@@H](CO)CCc1cnc2c(Nc3cccc(-c4cccc(-c5nc6cc(CN7CC[C@@](C)(C(=O)O)C7)cc(C#N)c6o5)c4C)c3C)nccc2c1. The highest BCUT2D eigenvalue weighted by Gasteiger charge is 2.40. The largest absolute Gasteiger partial charge is 0.481 e. The summed E-state index contributed by atoms with van der Waals surface area (Å²) < 4.78 is 6.29. The Labute approximate surface area is 309 Å². The van der Waals surface area contributed by atoms with Gasteiger partial charge in [0.2, 0.25) is 5.89 Å². The number of hydrogen-bond donors (Lipinski definition) is 3. The third-order valence-corrected chi connectivity index (χ3v) is 10.9. The number of fused-ring (bicyclic) bond motifs is 2. The molecule has 6 aromatic rings. The number of aromatic nitrogens is 3. The van der Waals surface area contributed by atoms with Crippen molar-refractivity contribution in [1.82, 2.24) is 19.9 Å². The van der Waals surface area contributed by atoms with Crippen molar-refractivity contribution < 1.29 is 19.4 Å². The molecule has 1 aliphatic rings. The number of pyridine rings is 2. The molecule has 3 aromatic carbocycles. The number of aliphatic carboxylic acids is 1. The number of nitrogens with one attached hydrogen (secondary N) is 1. The maximum atomic E-state index is 11.8. The molecule has 0 amide bonds. The topological polar surface area (TPSA) is 148 Å². The van der Waals surface area contributed by atoms with Crippen molar-refractivity contribution in [2.24, 2.45) is 11.3 Å². The van der Waals surface area contributed by atoms with Crippen molar-refractivity contribution in [1.29, 1.82) is 5.26 Å². The summed E-state index contributed by atoms with van der Waals surface area (Å²) in [6, 6.07) is 22.4. The minimum absolute atomic E-state index is 0.205. The van der Waals surface area contributed by atoms with Gasteiger partial charge in [0.15, 0.2) is 11.4 Å². The highest BCUT2D eigenvalue weighted by Crippen LogP contribution is 2.38. The summed E-state index contributed by atoms with van der Waals surface area (Å²) in [5, 5.41) is 33.9. The van der Waals surface area contributed by atoms with Crippen molar-refractivity contribution in [2.75, 3.05) is 25.0 Å². The van der Waals surface area contributed by atoms with Crippen LogP contribution in [0.5, 0.6) is 0 Å². The van der Waals surface area contributed by atoms with Crippen LogP contribution in [0.25, 0.3) is 44.6 Å². The molecular weight excluding hydrogens is 665 g/mol. The number of oxazole rings is 1. The van der Waals surface area contributed by atoms with Crippen LogP contribution in [0.4, 0.5) is 11.5 Å². The third-order valence-electron chi connectivity index (χ3n) is 10.9. The van der Waals surface area contributed by atoms with Gasteiger partial charge in [-0.15, -0.1) is 0 Å². The number of nitriles is 1. The van der Waals surface area contributed by atoms with Gasteiger partial charge in [0.25, 0.3) is 0 Å². The van der Waals surface area contributed by atoms with Crippen molar-refractivity contribution in [3.05, 3.63) is 101 Å². The number of nitrogens with zero attached hydrogens (tertiary/aromatic N) is 5. The summed E-state index contributed by atoms with van der Waals surface area (Å²) in [5.74, 6) is 0.633. The highest BCUT2D eigenvalue weighted by atomic mass is 16.4. The predicted octanol–water partition coefficient (Wildman–Crippen LogP) is 8.58. The molecule has 1 saturated heterocycles. The monoisotopic (exact) mass is 708 g/mol. The fraction of sp³-hybridized carbons (Fsp3) is 0.326. The van der Waals surface area contributed by atoms with E-state index in [2.05, 4.69) is 60.2 Å². The van der Waals surface area contributed by atoms with Crippen LogP contribution >= 0.6 is 0 Å². The molecule has 1 fully saturated rings. The van der Waals surface area contributed by atoms with Gasteiger partial charge in [-0.05, 0) is 122 Å². The number of rotatable bonds is 12. The van der Waals surface area contributed by atoms with Crippen LogP contribution in [0.2, 0.25) is 0 Å². The predicted molar refractivity (Wildman–Crippen MR) is 207 cm³/mol. The number of likely N-dealkylation sites (tertiary alicyclic amines) is 1. The lowest BCUT2D eigenvalue weighted by atomic mass is 9.90. The molecule has 3 N–H and O–H groups in total. The van der Waals surface area contributed by atoms with Gasteiger partial charge in [0.05, 0.1) is 11.0 Å². The number of anilines is 2. The van der Waals surface area contributed by atoms with Gasteiger partial charge in [0, 0.05) is 48.7 Å². The first-order valence-corrected chi connectivity index (χ1v) is 18.2. The van der Waals surface area contributed by atoms with Crippen LogP contribution in [0.3, 0.4) is 0 Å². The number of carboxylic acids is 1. The van der Waals surface area contributed by atoms with Gasteiger partial charge >= 0.3 is 5.97 Å². The van der Waals surface area contributed by atoms with Gasteiger partial charge in [-0.25, -0.2) is 9.97 Å². The van der Waals surface area contributed by atoms with E-state index in [9.17, 15) is 20.3 Å². The van der Waals surface area contributed by atoms with Crippen molar-refractivity contribution >= 4 is 39.5 Å². The molecule has 7 rings (SSSR count). The first-order chi connectivity index (χ1) is 25.6. The Balaban J connectivity index is 1.16. The Hall–Kier alpha value is -5.63. The fourth-order valence-electron chi connectivity index (χ4n) is 7.48. The smallest absolute Gasteiger partial charge is 0.310 e. The lowest BCUT2D eigenvalue weighted by Crippen LogP contribution is -2.31. The molecule has 4 heterocycles. The normalized spacial score (nSPS) is 16.6. The third kappa shape index (κ3) is 7.10. The first-order valence-electron chi connectivity index (χ1n) is 18.2. The second-order valence-electron chi connectivity index (χ2n) is 14.6. The van der Waals surface area contributed by atoms with Crippen molar-refractivity contribution in [2.45, 2.75) is 59.9 Å². The Morgan fingerprint density at radius 2 is 1.83 bits per heavy atom. The molecule has 3 aromatic heterocycles. The lowest BCUT2D eigenvalue weighted by Gasteiger charge is -2.20. The molecule has 1 aliphatic heterocycles. The lowest BCUT2D eigenvalue weighted by molar-refractivity contribution is -0.147. The zero-order valence-electron chi connectivity index (χ0n) is 30.6.